The summed E-state index contributed by atoms with van der Waals surface area (Å²) in [6.07, 6.45) is 4.01. The summed E-state index contributed by atoms with van der Waals surface area (Å²) in [4.78, 5) is 18.3. The predicted molar refractivity (Wildman–Crippen MR) is 107 cm³/mol. The van der Waals surface area contributed by atoms with E-state index in [0.29, 0.717) is 0 Å². The smallest absolute Gasteiger partial charge is 0.234 e. The van der Waals surface area contributed by atoms with Crippen LogP contribution in [0.3, 0.4) is 0 Å². The SMILES string of the molecule is CC(C)(C(=O)Nc1ccc(-c2cn3ccsc3n2)cc1)c1ccccc1. The molecule has 26 heavy (non-hydrogen) atoms. The molecule has 4 rings (SSSR count). The second-order valence-electron chi connectivity index (χ2n) is 6.74. The topological polar surface area (TPSA) is 46.4 Å². The van der Waals surface area contributed by atoms with Crippen LogP contribution in [0.5, 0.6) is 0 Å². The van der Waals surface area contributed by atoms with Crippen LogP contribution in [0.25, 0.3) is 16.2 Å². The fourth-order valence-corrected chi connectivity index (χ4v) is 3.56. The van der Waals surface area contributed by atoms with Gasteiger partial charge in [-0.1, -0.05) is 42.5 Å². The van der Waals surface area contributed by atoms with Crippen molar-refractivity contribution in [2.24, 2.45) is 0 Å². The largest absolute Gasteiger partial charge is 0.325 e. The molecule has 0 radical (unpaired) electrons. The van der Waals surface area contributed by atoms with Crippen LogP contribution in [-0.4, -0.2) is 15.3 Å². The van der Waals surface area contributed by atoms with Crippen molar-refractivity contribution in [2.45, 2.75) is 19.3 Å². The Bertz CT molecular complexity index is 1020. The van der Waals surface area contributed by atoms with Gasteiger partial charge >= 0.3 is 0 Å². The fourth-order valence-electron chi connectivity index (χ4n) is 2.86. The lowest BCUT2D eigenvalue weighted by molar-refractivity contribution is -0.120. The Kier molecular flexibility index (Phi) is 4.09. The molecule has 2 aromatic heterocycles. The molecule has 1 N–H and O–H groups in total. The highest BCUT2D eigenvalue weighted by atomic mass is 32.1. The lowest BCUT2D eigenvalue weighted by atomic mass is 9.83. The second kappa shape index (κ2) is 6.42. The molecule has 0 aliphatic heterocycles. The molecule has 0 saturated heterocycles. The van der Waals surface area contributed by atoms with Gasteiger partial charge in [0.1, 0.15) is 0 Å². The van der Waals surface area contributed by atoms with Crippen LogP contribution in [0.15, 0.2) is 72.4 Å². The normalized spacial score (nSPS) is 11.6. The molecule has 4 aromatic rings. The molecule has 0 unspecified atom stereocenters. The maximum absolute atomic E-state index is 12.7. The van der Waals surface area contributed by atoms with Gasteiger partial charge in [-0.25, -0.2) is 4.98 Å². The van der Waals surface area contributed by atoms with E-state index in [0.717, 1.165) is 27.5 Å². The summed E-state index contributed by atoms with van der Waals surface area (Å²) in [6, 6.07) is 17.6. The summed E-state index contributed by atoms with van der Waals surface area (Å²) < 4.78 is 2.01. The zero-order valence-electron chi connectivity index (χ0n) is 14.6. The van der Waals surface area contributed by atoms with Crippen LogP contribution in [-0.2, 0) is 10.2 Å². The van der Waals surface area contributed by atoms with E-state index in [9.17, 15) is 4.79 Å². The number of hydrogen-bond acceptors (Lipinski definition) is 3. The van der Waals surface area contributed by atoms with Gasteiger partial charge in [-0.15, -0.1) is 11.3 Å². The minimum absolute atomic E-state index is 0.0287. The first-order chi connectivity index (χ1) is 12.5. The van der Waals surface area contributed by atoms with E-state index in [4.69, 9.17) is 0 Å². The van der Waals surface area contributed by atoms with E-state index in [2.05, 4.69) is 10.3 Å². The van der Waals surface area contributed by atoms with Crippen LogP contribution in [0.2, 0.25) is 0 Å². The number of carbonyl (C=O) groups excluding carboxylic acids is 1. The number of thiazole rings is 1. The number of amides is 1. The van der Waals surface area contributed by atoms with Crippen molar-refractivity contribution in [3.8, 4) is 11.3 Å². The van der Waals surface area contributed by atoms with Gasteiger partial charge in [-0.05, 0) is 31.5 Å². The van der Waals surface area contributed by atoms with Crippen molar-refractivity contribution in [3.05, 3.63) is 77.9 Å². The first kappa shape index (κ1) is 16.5. The van der Waals surface area contributed by atoms with Crippen LogP contribution >= 0.6 is 11.3 Å². The van der Waals surface area contributed by atoms with E-state index >= 15 is 0 Å². The quantitative estimate of drug-likeness (QED) is 0.557. The molecule has 2 heterocycles. The average molecular weight is 361 g/mol. The van der Waals surface area contributed by atoms with Crippen molar-refractivity contribution >= 4 is 27.9 Å². The van der Waals surface area contributed by atoms with Crippen molar-refractivity contribution in [1.29, 1.82) is 0 Å². The van der Waals surface area contributed by atoms with E-state index in [1.165, 1.54) is 0 Å². The Morgan fingerprint density at radius 3 is 2.50 bits per heavy atom. The molecule has 0 bridgehead atoms. The van der Waals surface area contributed by atoms with Crippen LogP contribution in [0, 0.1) is 0 Å². The molecular formula is C21H19N3OS. The zero-order chi connectivity index (χ0) is 18.1. The summed E-state index contributed by atoms with van der Waals surface area (Å²) in [5.41, 5.74) is 3.13. The van der Waals surface area contributed by atoms with Gasteiger partial charge in [-0.2, -0.15) is 0 Å². The summed E-state index contributed by atoms with van der Waals surface area (Å²) in [6.45, 7) is 3.87. The Hall–Kier alpha value is -2.92. The van der Waals surface area contributed by atoms with Crippen molar-refractivity contribution < 1.29 is 4.79 Å². The highest BCUT2D eigenvalue weighted by molar-refractivity contribution is 7.15. The van der Waals surface area contributed by atoms with Crippen LogP contribution in [0.4, 0.5) is 5.69 Å². The van der Waals surface area contributed by atoms with Gasteiger partial charge in [0.2, 0.25) is 5.91 Å². The molecule has 0 spiro atoms. The third-order valence-corrected chi connectivity index (χ3v) is 5.37. The predicted octanol–water partition coefficient (Wildman–Crippen LogP) is 4.98. The van der Waals surface area contributed by atoms with E-state index in [-0.39, 0.29) is 5.91 Å². The number of nitrogens with one attached hydrogen (secondary N) is 1. The number of carbonyl (C=O) groups is 1. The van der Waals surface area contributed by atoms with E-state index < -0.39 is 5.41 Å². The number of nitrogens with zero attached hydrogens (tertiary/aromatic N) is 2. The van der Waals surface area contributed by atoms with Gasteiger partial charge in [0.15, 0.2) is 4.96 Å². The van der Waals surface area contributed by atoms with E-state index in [1.807, 2.05) is 90.6 Å². The first-order valence-electron chi connectivity index (χ1n) is 8.44. The minimum Gasteiger partial charge on any atom is -0.325 e. The Labute approximate surface area is 156 Å². The molecule has 130 valence electrons. The lowest BCUT2D eigenvalue weighted by Gasteiger charge is -2.24. The monoisotopic (exact) mass is 361 g/mol. The number of anilines is 1. The number of hydrogen-bond donors (Lipinski definition) is 1. The van der Waals surface area contributed by atoms with Gasteiger partial charge < -0.3 is 5.32 Å². The Morgan fingerprint density at radius 2 is 1.81 bits per heavy atom. The van der Waals surface area contributed by atoms with Crippen molar-refractivity contribution in [2.75, 3.05) is 5.32 Å². The highest BCUT2D eigenvalue weighted by Crippen LogP contribution is 2.26. The third-order valence-electron chi connectivity index (χ3n) is 4.59. The fraction of sp³-hybridized carbons (Fsp3) is 0.143. The summed E-state index contributed by atoms with van der Waals surface area (Å²) in [7, 11) is 0. The molecule has 0 fully saturated rings. The van der Waals surface area contributed by atoms with Gasteiger partial charge in [0.05, 0.1) is 11.1 Å². The van der Waals surface area contributed by atoms with Gasteiger partial charge in [-0.3, -0.25) is 9.20 Å². The molecule has 4 nitrogen and oxygen atoms in total. The molecule has 0 aliphatic rings. The third kappa shape index (κ3) is 3.02. The summed E-state index contributed by atoms with van der Waals surface area (Å²) in [5, 5.41) is 5.03. The molecule has 2 aromatic carbocycles. The summed E-state index contributed by atoms with van der Waals surface area (Å²) in [5.74, 6) is -0.0287. The molecular weight excluding hydrogens is 342 g/mol. The maximum atomic E-state index is 12.7. The zero-order valence-corrected chi connectivity index (χ0v) is 15.5. The lowest BCUT2D eigenvalue weighted by Crippen LogP contribution is -2.34. The number of imidazole rings is 1. The minimum atomic E-state index is -0.603. The average Bonchev–Trinajstić information content (AvgIpc) is 3.25. The Balaban J connectivity index is 1.52. The summed E-state index contributed by atoms with van der Waals surface area (Å²) >= 11 is 1.61. The standard InChI is InChI=1S/C21H19N3OS/c1-21(2,16-6-4-3-5-7-16)19(25)22-17-10-8-15(9-11-17)18-14-24-12-13-26-20(24)23-18/h3-14H,1-2H3,(H,22,25). The number of aromatic nitrogens is 2. The number of rotatable bonds is 4. The van der Waals surface area contributed by atoms with Gasteiger partial charge in [0.25, 0.3) is 0 Å². The number of benzene rings is 2. The van der Waals surface area contributed by atoms with Gasteiger partial charge in [0, 0.05) is 29.0 Å². The van der Waals surface area contributed by atoms with Crippen LogP contribution in [0.1, 0.15) is 19.4 Å². The molecule has 0 aliphatic carbocycles. The van der Waals surface area contributed by atoms with Crippen molar-refractivity contribution in [3.63, 3.8) is 0 Å². The molecule has 5 heteroatoms. The van der Waals surface area contributed by atoms with Crippen LogP contribution < -0.4 is 5.32 Å². The molecule has 0 atom stereocenters. The first-order valence-corrected chi connectivity index (χ1v) is 9.31. The van der Waals surface area contributed by atoms with Crippen molar-refractivity contribution in [1.82, 2.24) is 9.38 Å². The second-order valence-corrected chi connectivity index (χ2v) is 7.61. The number of fused-ring (bicyclic) bond motifs is 1. The highest BCUT2D eigenvalue weighted by Gasteiger charge is 2.29. The molecule has 0 saturated carbocycles. The molecule has 1 amide bonds. The Morgan fingerprint density at radius 1 is 1.08 bits per heavy atom. The maximum Gasteiger partial charge on any atom is 0.234 e. The van der Waals surface area contributed by atoms with E-state index in [1.54, 1.807) is 11.3 Å².